The molecule has 232 valence electrons. The van der Waals surface area contributed by atoms with E-state index < -0.39 is 25.5 Å². The molecule has 0 aliphatic carbocycles. The Hall–Kier alpha value is -3.48. The average molecular weight is 655 g/mol. The van der Waals surface area contributed by atoms with Gasteiger partial charge in [0, 0.05) is 60.8 Å². The van der Waals surface area contributed by atoms with Crippen molar-refractivity contribution in [3.8, 4) is 0 Å². The molecule has 9 nitrogen and oxygen atoms in total. The SMILES string of the molecule is CC(C)(CCl)C(=O)Nc1ccc(NS(=O)(=O)c2cccc3c(S(=O)(=O)N4CCN(Cc5ccccc5)CC4)cccc23)cc1. The predicted molar refractivity (Wildman–Crippen MR) is 175 cm³/mol. The van der Waals surface area contributed by atoms with Gasteiger partial charge >= 0.3 is 0 Å². The molecular weight excluding hydrogens is 620 g/mol. The fourth-order valence-electron chi connectivity index (χ4n) is 5.01. The van der Waals surface area contributed by atoms with E-state index in [-0.39, 0.29) is 27.3 Å². The number of alkyl halides is 1. The summed E-state index contributed by atoms with van der Waals surface area (Å²) >= 11 is 5.88. The number of carbonyl (C=O) groups is 1. The predicted octanol–water partition coefficient (Wildman–Crippen LogP) is 5.35. The zero-order valence-electron chi connectivity index (χ0n) is 24.5. The van der Waals surface area contributed by atoms with Gasteiger partial charge in [-0.2, -0.15) is 4.31 Å². The molecule has 2 N–H and O–H groups in total. The fourth-order valence-corrected chi connectivity index (χ4v) is 8.04. The smallest absolute Gasteiger partial charge is 0.262 e. The topological polar surface area (TPSA) is 116 Å². The summed E-state index contributed by atoms with van der Waals surface area (Å²) in [7, 11) is -7.98. The lowest BCUT2D eigenvalue weighted by molar-refractivity contribution is -0.122. The van der Waals surface area contributed by atoms with Crippen molar-refractivity contribution in [1.82, 2.24) is 9.21 Å². The van der Waals surface area contributed by atoms with E-state index in [2.05, 4.69) is 27.1 Å². The zero-order chi connectivity index (χ0) is 31.5. The molecule has 0 atom stereocenters. The number of sulfonamides is 2. The van der Waals surface area contributed by atoms with Gasteiger partial charge < -0.3 is 5.32 Å². The van der Waals surface area contributed by atoms with Crippen LogP contribution < -0.4 is 10.0 Å². The van der Waals surface area contributed by atoms with E-state index in [0.29, 0.717) is 42.6 Å². The number of rotatable bonds is 10. The van der Waals surface area contributed by atoms with E-state index in [1.54, 1.807) is 62.4 Å². The quantitative estimate of drug-likeness (QED) is 0.223. The van der Waals surface area contributed by atoms with Gasteiger partial charge in [-0.05, 0) is 55.8 Å². The second kappa shape index (κ2) is 12.9. The number of nitrogens with zero attached hydrogens (tertiary/aromatic N) is 2. The van der Waals surface area contributed by atoms with Crippen molar-refractivity contribution >= 4 is 59.7 Å². The number of benzene rings is 4. The maximum absolute atomic E-state index is 13.8. The molecule has 0 bridgehead atoms. The summed E-state index contributed by atoms with van der Waals surface area (Å²) in [6, 6.07) is 25.7. The Balaban J connectivity index is 1.34. The van der Waals surface area contributed by atoms with Crippen LogP contribution in [0.1, 0.15) is 19.4 Å². The first kappa shape index (κ1) is 31.9. The van der Waals surface area contributed by atoms with Crippen LogP contribution in [0.3, 0.4) is 0 Å². The number of amides is 1. The van der Waals surface area contributed by atoms with Crippen LogP contribution in [-0.4, -0.2) is 64.0 Å². The van der Waals surface area contributed by atoms with Crippen molar-refractivity contribution in [2.24, 2.45) is 5.41 Å². The molecule has 4 aromatic carbocycles. The summed E-state index contributed by atoms with van der Waals surface area (Å²) in [5.74, 6) is -0.104. The highest BCUT2D eigenvalue weighted by atomic mass is 35.5. The van der Waals surface area contributed by atoms with E-state index in [4.69, 9.17) is 11.6 Å². The summed E-state index contributed by atoms with van der Waals surface area (Å²) in [5.41, 5.74) is 1.19. The number of carbonyl (C=O) groups excluding carboxylic acids is 1. The van der Waals surface area contributed by atoms with Crippen molar-refractivity contribution in [2.75, 3.05) is 42.1 Å². The summed E-state index contributed by atoms with van der Waals surface area (Å²) < 4.78 is 58.7. The van der Waals surface area contributed by atoms with Crippen LogP contribution >= 0.6 is 11.6 Å². The number of halogens is 1. The van der Waals surface area contributed by atoms with Gasteiger partial charge in [0.15, 0.2) is 0 Å². The van der Waals surface area contributed by atoms with E-state index in [9.17, 15) is 21.6 Å². The monoisotopic (exact) mass is 654 g/mol. The minimum absolute atomic E-state index is 0.0408. The number of fused-ring (bicyclic) bond motifs is 1. The largest absolute Gasteiger partial charge is 0.326 e. The Bertz CT molecular complexity index is 1860. The van der Waals surface area contributed by atoms with Crippen LogP contribution in [0.4, 0.5) is 11.4 Å². The second-order valence-corrected chi connectivity index (χ2v) is 15.3. The summed E-state index contributed by atoms with van der Waals surface area (Å²) in [5, 5.41) is 3.41. The standard InChI is InChI=1S/C32H35ClN4O5S2/c1-32(2,23-33)31(38)34-25-14-16-26(17-15-25)35-43(39,40)29-12-6-11-28-27(29)10-7-13-30(28)44(41,42)37-20-18-36(19-21-37)22-24-8-4-3-5-9-24/h3-17,35H,18-23H2,1-2H3,(H,34,38). The highest BCUT2D eigenvalue weighted by Gasteiger charge is 2.31. The molecule has 1 saturated heterocycles. The molecule has 0 aromatic heterocycles. The van der Waals surface area contributed by atoms with Gasteiger partial charge in [-0.3, -0.25) is 14.4 Å². The number of nitrogens with one attached hydrogen (secondary N) is 2. The first-order valence-electron chi connectivity index (χ1n) is 14.2. The normalized spacial score (nSPS) is 15.2. The number of hydrogen-bond donors (Lipinski definition) is 2. The van der Waals surface area contributed by atoms with Gasteiger partial charge in [-0.15, -0.1) is 11.6 Å². The van der Waals surface area contributed by atoms with Gasteiger partial charge in [0.25, 0.3) is 10.0 Å². The van der Waals surface area contributed by atoms with Crippen molar-refractivity contribution < 1.29 is 21.6 Å². The minimum atomic E-state index is -4.10. The highest BCUT2D eigenvalue weighted by molar-refractivity contribution is 7.93. The van der Waals surface area contributed by atoms with Gasteiger partial charge in [0.1, 0.15) is 0 Å². The Kier molecular flexibility index (Phi) is 9.33. The lowest BCUT2D eigenvalue weighted by atomic mass is 9.95. The molecule has 1 amide bonds. The molecule has 44 heavy (non-hydrogen) atoms. The molecule has 4 aromatic rings. The third-order valence-electron chi connectivity index (χ3n) is 7.67. The van der Waals surface area contributed by atoms with Crippen molar-refractivity contribution in [3.63, 3.8) is 0 Å². The molecule has 0 unspecified atom stereocenters. The van der Waals surface area contributed by atoms with Gasteiger partial charge in [0.2, 0.25) is 15.9 Å². The Labute approximate surface area is 263 Å². The second-order valence-electron chi connectivity index (χ2n) is 11.4. The minimum Gasteiger partial charge on any atom is -0.326 e. The van der Waals surface area contributed by atoms with Gasteiger partial charge in [-0.1, -0.05) is 54.6 Å². The number of hydrogen-bond acceptors (Lipinski definition) is 6. The van der Waals surface area contributed by atoms with Crippen LogP contribution in [0.25, 0.3) is 10.8 Å². The van der Waals surface area contributed by atoms with E-state index >= 15 is 0 Å². The van der Waals surface area contributed by atoms with Crippen LogP contribution in [0.2, 0.25) is 0 Å². The molecule has 0 saturated carbocycles. The molecule has 0 spiro atoms. The summed E-state index contributed by atoms with van der Waals surface area (Å²) in [4.78, 5) is 14.7. The molecule has 1 fully saturated rings. The van der Waals surface area contributed by atoms with Crippen molar-refractivity contribution in [1.29, 1.82) is 0 Å². The highest BCUT2D eigenvalue weighted by Crippen LogP contribution is 2.32. The molecule has 1 aliphatic heterocycles. The first-order chi connectivity index (χ1) is 20.9. The fraction of sp³-hybridized carbons (Fsp3) is 0.281. The lowest BCUT2D eigenvalue weighted by Gasteiger charge is -2.34. The zero-order valence-corrected chi connectivity index (χ0v) is 26.9. The maximum atomic E-state index is 13.8. The Morgan fingerprint density at radius 3 is 1.93 bits per heavy atom. The Morgan fingerprint density at radius 2 is 1.32 bits per heavy atom. The van der Waals surface area contributed by atoms with Crippen LogP contribution in [0, 0.1) is 5.41 Å². The third kappa shape index (κ3) is 6.92. The molecule has 5 rings (SSSR count). The van der Waals surface area contributed by atoms with E-state index in [1.165, 1.54) is 22.0 Å². The summed E-state index contributed by atoms with van der Waals surface area (Å²) in [6.07, 6.45) is 0. The maximum Gasteiger partial charge on any atom is 0.262 e. The molecule has 0 radical (unpaired) electrons. The van der Waals surface area contributed by atoms with E-state index in [1.807, 2.05) is 18.2 Å². The summed E-state index contributed by atoms with van der Waals surface area (Å²) in [6.45, 7) is 6.07. The third-order valence-corrected chi connectivity index (χ3v) is 11.7. The van der Waals surface area contributed by atoms with Crippen molar-refractivity contribution in [3.05, 3.63) is 96.6 Å². The molecule has 12 heteroatoms. The molecule has 1 heterocycles. The van der Waals surface area contributed by atoms with Gasteiger partial charge in [0.05, 0.1) is 15.2 Å². The van der Waals surface area contributed by atoms with Crippen molar-refractivity contribution in [2.45, 2.75) is 30.2 Å². The van der Waals surface area contributed by atoms with Gasteiger partial charge in [-0.25, -0.2) is 16.8 Å². The lowest BCUT2D eigenvalue weighted by Crippen LogP contribution is -2.48. The number of piperazine rings is 1. The molecular formula is C32H35ClN4O5S2. The average Bonchev–Trinajstić information content (AvgIpc) is 3.02. The van der Waals surface area contributed by atoms with Crippen LogP contribution in [-0.2, 0) is 31.4 Å². The van der Waals surface area contributed by atoms with Crippen LogP contribution in [0.15, 0.2) is 101 Å². The van der Waals surface area contributed by atoms with E-state index in [0.717, 1.165) is 6.54 Å². The first-order valence-corrected chi connectivity index (χ1v) is 17.6. The number of anilines is 2. The molecule has 1 aliphatic rings. The Morgan fingerprint density at radius 1 is 0.750 bits per heavy atom. The van der Waals surface area contributed by atoms with Crippen LogP contribution in [0.5, 0.6) is 0 Å².